The van der Waals surface area contributed by atoms with Crippen LogP contribution in [0.1, 0.15) is 6.92 Å². The molecule has 88 valence electrons. The van der Waals surface area contributed by atoms with E-state index in [4.69, 9.17) is 9.47 Å². The van der Waals surface area contributed by atoms with Crippen molar-refractivity contribution in [3.63, 3.8) is 0 Å². The second kappa shape index (κ2) is 4.14. The Hall–Kier alpha value is -0.940. The lowest BCUT2D eigenvalue weighted by Crippen LogP contribution is -2.61. The number of ether oxygens (including phenoxy) is 2. The van der Waals surface area contributed by atoms with Crippen molar-refractivity contribution in [2.24, 2.45) is 0 Å². The van der Waals surface area contributed by atoms with E-state index in [1.165, 1.54) is 7.11 Å². The molecular formula is C11H14BrNO3. The summed E-state index contributed by atoms with van der Waals surface area (Å²) in [7, 11) is 1.51. The standard InChI is InChI=1S/C11H14BrNO3/c1-11(5-13-6-11)16-7-3-4-8(15-2)10(14)9(7)12/h3-4,13-14H,5-6H2,1-2H3. The number of nitrogens with one attached hydrogen (secondary N) is 1. The van der Waals surface area contributed by atoms with Gasteiger partial charge in [0.2, 0.25) is 0 Å². The maximum absolute atomic E-state index is 9.80. The Morgan fingerprint density at radius 3 is 2.50 bits per heavy atom. The molecule has 16 heavy (non-hydrogen) atoms. The third kappa shape index (κ3) is 1.97. The Morgan fingerprint density at radius 2 is 2.00 bits per heavy atom. The van der Waals surface area contributed by atoms with Crippen LogP contribution in [0.15, 0.2) is 16.6 Å². The lowest BCUT2D eigenvalue weighted by molar-refractivity contribution is 0.0338. The fourth-order valence-corrected chi connectivity index (χ4v) is 2.00. The summed E-state index contributed by atoms with van der Waals surface area (Å²) in [5.74, 6) is 1.12. The Balaban J connectivity index is 2.25. The quantitative estimate of drug-likeness (QED) is 0.892. The van der Waals surface area contributed by atoms with Crippen LogP contribution in [0.2, 0.25) is 0 Å². The van der Waals surface area contributed by atoms with E-state index in [1.54, 1.807) is 12.1 Å². The Morgan fingerprint density at radius 1 is 1.38 bits per heavy atom. The minimum Gasteiger partial charge on any atom is -0.503 e. The molecule has 0 spiro atoms. The number of phenols is 1. The van der Waals surface area contributed by atoms with Crippen molar-refractivity contribution in [2.75, 3.05) is 20.2 Å². The van der Waals surface area contributed by atoms with Gasteiger partial charge in [0.25, 0.3) is 0 Å². The zero-order valence-electron chi connectivity index (χ0n) is 9.21. The molecule has 0 bridgehead atoms. The molecule has 0 aromatic heterocycles. The molecule has 0 unspecified atom stereocenters. The summed E-state index contributed by atoms with van der Waals surface area (Å²) in [5.41, 5.74) is -0.191. The van der Waals surface area contributed by atoms with Crippen LogP contribution in [0.5, 0.6) is 17.2 Å². The molecule has 1 fully saturated rings. The summed E-state index contributed by atoms with van der Waals surface area (Å²) in [6.07, 6.45) is 0. The lowest BCUT2D eigenvalue weighted by Gasteiger charge is -2.39. The molecule has 0 amide bonds. The van der Waals surface area contributed by atoms with Crippen LogP contribution < -0.4 is 14.8 Å². The molecule has 0 saturated carbocycles. The molecule has 0 atom stereocenters. The van der Waals surface area contributed by atoms with Crippen LogP contribution in [0, 0.1) is 0 Å². The molecule has 1 saturated heterocycles. The number of phenolic OH excluding ortho intramolecular Hbond substituents is 1. The highest BCUT2D eigenvalue weighted by Gasteiger charge is 2.34. The van der Waals surface area contributed by atoms with E-state index in [2.05, 4.69) is 21.2 Å². The molecule has 5 heteroatoms. The summed E-state index contributed by atoms with van der Waals surface area (Å²) in [5, 5.41) is 12.9. The van der Waals surface area contributed by atoms with Gasteiger partial charge in [-0.1, -0.05) is 0 Å². The number of hydrogen-bond acceptors (Lipinski definition) is 4. The average Bonchev–Trinajstić information content (AvgIpc) is 2.23. The summed E-state index contributed by atoms with van der Waals surface area (Å²) < 4.78 is 11.4. The van der Waals surface area contributed by atoms with Gasteiger partial charge in [-0.3, -0.25) is 0 Å². The maximum atomic E-state index is 9.80. The normalized spacial score (nSPS) is 17.7. The van der Waals surface area contributed by atoms with E-state index in [0.717, 1.165) is 13.1 Å². The van der Waals surface area contributed by atoms with Crippen LogP contribution >= 0.6 is 15.9 Å². The first kappa shape index (κ1) is 11.5. The van der Waals surface area contributed by atoms with Gasteiger partial charge in [0.1, 0.15) is 15.8 Å². The van der Waals surface area contributed by atoms with E-state index < -0.39 is 0 Å². The van der Waals surface area contributed by atoms with Gasteiger partial charge in [0, 0.05) is 13.1 Å². The Kier molecular flexibility index (Phi) is 2.99. The molecule has 2 N–H and O–H groups in total. The van der Waals surface area contributed by atoms with Crippen molar-refractivity contribution >= 4 is 15.9 Å². The zero-order valence-corrected chi connectivity index (χ0v) is 10.8. The molecule has 1 heterocycles. The highest BCUT2D eigenvalue weighted by molar-refractivity contribution is 9.10. The minimum atomic E-state index is -0.191. The lowest BCUT2D eigenvalue weighted by atomic mass is 10.00. The number of aromatic hydroxyl groups is 1. The van der Waals surface area contributed by atoms with Crippen molar-refractivity contribution in [3.8, 4) is 17.2 Å². The average molecular weight is 288 g/mol. The number of benzene rings is 1. The van der Waals surface area contributed by atoms with E-state index in [1.807, 2.05) is 6.92 Å². The topological polar surface area (TPSA) is 50.7 Å². The van der Waals surface area contributed by atoms with Crippen molar-refractivity contribution < 1.29 is 14.6 Å². The van der Waals surface area contributed by atoms with Gasteiger partial charge in [-0.05, 0) is 35.0 Å². The largest absolute Gasteiger partial charge is 0.503 e. The summed E-state index contributed by atoms with van der Waals surface area (Å²) >= 11 is 3.30. The SMILES string of the molecule is COc1ccc(OC2(C)CNC2)c(Br)c1O. The fourth-order valence-electron chi connectivity index (χ4n) is 1.59. The van der Waals surface area contributed by atoms with Crippen molar-refractivity contribution in [3.05, 3.63) is 16.6 Å². The van der Waals surface area contributed by atoms with Gasteiger partial charge in [-0.2, -0.15) is 0 Å². The molecular weight excluding hydrogens is 274 g/mol. The summed E-state index contributed by atoms with van der Waals surface area (Å²) in [6.45, 7) is 3.65. The first-order valence-corrected chi connectivity index (χ1v) is 5.80. The van der Waals surface area contributed by atoms with Gasteiger partial charge < -0.3 is 19.9 Å². The van der Waals surface area contributed by atoms with Gasteiger partial charge in [0.05, 0.1) is 7.11 Å². The van der Waals surface area contributed by atoms with Crippen molar-refractivity contribution in [1.29, 1.82) is 0 Å². The molecule has 0 radical (unpaired) electrons. The minimum absolute atomic E-state index is 0.0656. The zero-order chi connectivity index (χ0) is 11.8. The van der Waals surface area contributed by atoms with Crippen molar-refractivity contribution in [2.45, 2.75) is 12.5 Å². The fraction of sp³-hybridized carbons (Fsp3) is 0.455. The van der Waals surface area contributed by atoms with Gasteiger partial charge in [-0.15, -0.1) is 0 Å². The van der Waals surface area contributed by atoms with E-state index in [-0.39, 0.29) is 11.4 Å². The number of halogens is 1. The third-order valence-corrected chi connectivity index (χ3v) is 3.38. The Labute approximate surface area is 103 Å². The highest BCUT2D eigenvalue weighted by atomic mass is 79.9. The van der Waals surface area contributed by atoms with Crippen LogP contribution in [0.3, 0.4) is 0 Å². The van der Waals surface area contributed by atoms with E-state index >= 15 is 0 Å². The molecule has 1 aromatic carbocycles. The molecule has 1 aliphatic rings. The molecule has 1 aliphatic heterocycles. The first-order valence-electron chi connectivity index (χ1n) is 5.01. The van der Waals surface area contributed by atoms with Crippen molar-refractivity contribution in [1.82, 2.24) is 5.32 Å². The Bertz CT molecular complexity index is 404. The number of hydrogen-bond donors (Lipinski definition) is 2. The third-order valence-electron chi connectivity index (χ3n) is 2.62. The maximum Gasteiger partial charge on any atom is 0.176 e. The number of methoxy groups -OCH3 is 1. The van der Waals surface area contributed by atoms with Crippen LogP contribution in [-0.4, -0.2) is 30.9 Å². The number of rotatable bonds is 3. The summed E-state index contributed by atoms with van der Waals surface area (Å²) in [6, 6.07) is 3.47. The second-order valence-electron chi connectivity index (χ2n) is 4.08. The van der Waals surface area contributed by atoms with Crippen LogP contribution in [0.25, 0.3) is 0 Å². The van der Waals surface area contributed by atoms with Gasteiger partial charge in [0.15, 0.2) is 11.5 Å². The predicted molar refractivity (Wildman–Crippen MR) is 64.3 cm³/mol. The molecule has 2 rings (SSSR count). The molecule has 1 aromatic rings. The van der Waals surface area contributed by atoms with Gasteiger partial charge in [-0.25, -0.2) is 0 Å². The molecule has 4 nitrogen and oxygen atoms in total. The first-order chi connectivity index (χ1) is 7.56. The van der Waals surface area contributed by atoms with E-state index in [9.17, 15) is 5.11 Å². The van der Waals surface area contributed by atoms with Crippen LogP contribution in [0.4, 0.5) is 0 Å². The van der Waals surface area contributed by atoms with Crippen LogP contribution in [-0.2, 0) is 0 Å². The smallest absolute Gasteiger partial charge is 0.176 e. The monoisotopic (exact) mass is 287 g/mol. The van der Waals surface area contributed by atoms with E-state index in [0.29, 0.717) is 16.0 Å². The predicted octanol–water partition coefficient (Wildman–Crippen LogP) is 1.90. The second-order valence-corrected chi connectivity index (χ2v) is 4.88. The summed E-state index contributed by atoms with van der Waals surface area (Å²) in [4.78, 5) is 0. The van der Waals surface area contributed by atoms with Gasteiger partial charge >= 0.3 is 0 Å². The molecule has 0 aliphatic carbocycles. The highest BCUT2D eigenvalue weighted by Crippen LogP contribution is 2.41.